The number of aliphatic hydroxyl groups excluding tert-OH is 1. The zero-order valence-corrected chi connectivity index (χ0v) is 9.92. The van der Waals surface area contributed by atoms with E-state index >= 15 is 0 Å². The number of halogens is 2. The maximum Gasteiger partial charge on any atom is 0.123 e. The number of benzene rings is 1. The summed E-state index contributed by atoms with van der Waals surface area (Å²) in [5.74, 6) is -0.00644. The van der Waals surface area contributed by atoms with E-state index in [4.69, 9.17) is 11.6 Å². The van der Waals surface area contributed by atoms with Crippen LogP contribution in [0.4, 0.5) is 4.39 Å². The Labute approximate surface area is 94.9 Å². The lowest BCUT2D eigenvalue weighted by molar-refractivity contribution is 0.0919. The lowest BCUT2D eigenvalue weighted by atomic mass is 9.88. The number of hydrogen-bond acceptors (Lipinski definition) is 1. The number of hydrogen-bond donors (Lipinski definition) is 1. The zero-order valence-electron chi connectivity index (χ0n) is 9.17. The summed E-state index contributed by atoms with van der Waals surface area (Å²) >= 11 is 5.91. The van der Waals surface area contributed by atoms with Crippen molar-refractivity contribution in [1.29, 1.82) is 0 Å². The molecule has 0 fully saturated rings. The molecular formula is C12H16ClFO. The van der Waals surface area contributed by atoms with Crippen molar-refractivity contribution < 1.29 is 9.50 Å². The minimum absolute atomic E-state index is 0.0456. The summed E-state index contributed by atoms with van der Waals surface area (Å²) in [6.45, 7) is 5.96. The monoisotopic (exact) mass is 230 g/mol. The van der Waals surface area contributed by atoms with Gasteiger partial charge in [-0.3, -0.25) is 0 Å². The Bertz CT molecular complexity index is 338. The Hall–Kier alpha value is -0.600. The molecule has 0 radical (unpaired) electrons. The molecule has 0 aliphatic heterocycles. The molecule has 84 valence electrons. The normalized spacial score (nSPS) is 15.4. The van der Waals surface area contributed by atoms with Crippen molar-refractivity contribution in [3.05, 3.63) is 34.6 Å². The molecule has 0 aliphatic rings. The molecule has 2 atom stereocenters. The van der Waals surface area contributed by atoms with E-state index in [1.807, 2.05) is 20.8 Å². The second kappa shape index (κ2) is 4.95. The highest BCUT2D eigenvalue weighted by atomic mass is 35.5. The molecular weight excluding hydrogens is 215 g/mol. The van der Waals surface area contributed by atoms with Crippen LogP contribution in [0, 0.1) is 17.7 Å². The topological polar surface area (TPSA) is 20.2 Å². The molecule has 1 rings (SSSR count). The van der Waals surface area contributed by atoms with Crippen LogP contribution in [0.5, 0.6) is 0 Å². The summed E-state index contributed by atoms with van der Waals surface area (Å²) < 4.78 is 13.0. The number of aliphatic hydroxyl groups is 1. The van der Waals surface area contributed by atoms with Gasteiger partial charge in [-0.1, -0.05) is 32.4 Å². The Morgan fingerprint density at radius 1 is 1.27 bits per heavy atom. The van der Waals surface area contributed by atoms with E-state index in [-0.39, 0.29) is 11.7 Å². The molecule has 1 aromatic rings. The predicted molar refractivity (Wildman–Crippen MR) is 60.4 cm³/mol. The second-order valence-electron chi connectivity index (χ2n) is 4.21. The average molecular weight is 231 g/mol. The van der Waals surface area contributed by atoms with Crippen LogP contribution in [-0.2, 0) is 0 Å². The first-order valence-electron chi connectivity index (χ1n) is 5.06. The van der Waals surface area contributed by atoms with Crippen LogP contribution in [0.25, 0.3) is 0 Å². The van der Waals surface area contributed by atoms with E-state index in [0.717, 1.165) is 0 Å². The molecule has 1 aromatic carbocycles. The van der Waals surface area contributed by atoms with Crippen molar-refractivity contribution in [3.63, 3.8) is 0 Å². The molecule has 0 bridgehead atoms. The van der Waals surface area contributed by atoms with Crippen molar-refractivity contribution >= 4 is 11.6 Å². The summed E-state index contributed by atoms with van der Waals surface area (Å²) in [4.78, 5) is 0. The van der Waals surface area contributed by atoms with Crippen molar-refractivity contribution in [2.45, 2.75) is 26.9 Å². The van der Waals surface area contributed by atoms with Crippen LogP contribution in [0.1, 0.15) is 32.4 Å². The van der Waals surface area contributed by atoms with Gasteiger partial charge in [0.2, 0.25) is 0 Å². The fourth-order valence-corrected chi connectivity index (χ4v) is 1.62. The van der Waals surface area contributed by atoms with Gasteiger partial charge in [0, 0.05) is 10.6 Å². The van der Waals surface area contributed by atoms with Crippen LogP contribution < -0.4 is 0 Å². The molecule has 1 N–H and O–H groups in total. The molecule has 1 nitrogen and oxygen atoms in total. The third-order valence-electron chi connectivity index (χ3n) is 2.83. The predicted octanol–water partition coefficient (Wildman–Crippen LogP) is 3.80. The van der Waals surface area contributed by atoms with Crippen LogP contribution >= 0.6 is 11.6 Å². The van der Waals surface area contributed by atoms with E-state index in [1.165, 1.54) is 18.2 Å². The van der Waals surface area contributed by atoms with Gasteiger partial charge < -0.3 is 5.11 Å². The van der Waals surface area contributed by atoms with Gasteiger partial charge in [0.1, 0.15) is 5.82 Å². The Morgan fingerprint density at radius 3 is 2.40 bits per heavy atom. The quantitative estimate of drug-likeness (QED) is 0.838. The van der Waals surface area contributed by atoms with Gasteiger partial charge in [0.25, 0.3) is 0 Å². The Kier molecular flexibility index (Phi) is 4.12. The molecule has 0 saturated carbocycles. The maximum absolute atomic E-state index is 13.0. The fraction of sp³-hybridized carbons (Fsp3) is 0.500. The molecule has 0 aliphatic carbocycles. The van der Waals surface area contributed by atoms with Gasteiger partial charge in [-0.15, -0.1) is 0 Å². The van der Waals surface area contributed by atoms with E-state index in [1.54, 1.807) is 0 Å². The summed E-state index contributed by atoms with van der Waals surface area (Å²) in [7, 11) is 0. The first-order chi connectivity index (χ1) is 6.93. The van der Waals surface area contributed by atoms with E-state index in [0.29, 0.717) is 16.5 Å². The zero-order chi connectivity index (χ0) is 11.6. The van der Waals surface area contributed by atoms with Gasteiger partial charge in [0.15, 0.2) is 0 Å². The van der Waals surface area contributed by atoms with Crippen LogP contribution in [0.3, 0.4) is 0 Å². The molecule has 2 unspecified atom stereocenters. The number of rotatable bonds is 3. The van der Waals surface area contributed by atoms with Gasteiger partial charge in [-0.2, -0.15) is 0 Å². The minimum atomic E-state index is -0.715. The Morgan fingerprint density at radius 2 is 1.87 bits per heavy atom. The summed E-state index contributed by atoms with van der Waals surface area (Å²) in [5, 5.41) is 10.4. The molecule has 3 heteroatoms. The molecule has 0 saturated heterocycles. The summed E-state index contributed by atoms with van der Waals surface area (Å²) in [6, 6.07) is 4.06. The lowest BCUT2D eigenvalue weighted by Crippen LogP contribution is -2.15. The summed E-state index contributed by atoms with van der Waals surface area (Å²) in [6.07, 6.45) is -0.715. The summed E-state index contributed by atoms with van der Waals surface area (Å²) in [5.41, 5.74) is 0.470. The molecule has 0 amide bonds. The van der Waals surface area contributed by atoms with Crippen LogP contribution in [-0.4, -0.2) is 5.11 Å². The fourth-order valence-electron chi connectivity index (χ4n) is 1.39. The smallest absolute Gasteiger partial charge is 0.123 e. The maximum atomic E-state index is 13.0. The van der Waals surface area contributed by atoms with E-state index in [2.05, 4.69) is 0 Å². The van der Waals surface area contributed by atoms with Crippen molar-refractivity contribution in [1.82, 2.24) is 0 Å². The van der Waals surface area contributed by atoms with Gasteiger partial charge in [-0.05, 0) is 30.0 Å². The van der Waals surface area contributed by atoms with Crippen molar-refractivity contribution in [2.75, 3.05) is 0 Å². The van der Waals surface area contributed by atoms with Crippen molar-refractivity contribution in [2.24, 2.45) is 11.8 Å². The van der Waals surface area contributed by atoms with Crippen molar-refractivity contribution in [3.8, 4) is 0 Å². The van der Waals surface area contributed by atoms with Gasteiger partial charge >= 0.3 is 0 Å². The molecule has 0 heterocycles. The van der Waals surface area contributed by atoms with E-state index in [9.17, 15) is 9.50 Å². The first-order valence-corrected chi connectivity index (χ1v) is 5.44. The highest BCUT2D eigenvalue weighted by molar-refractivity contribution is 6.31. The largest absolute Gasteiger partial charge is 0.388 e. The lowest BCUT2D eigenvalue weighted by Gasteiger charge is -2.23. The first kappa shape index (κ1) is 12.5. The highest BCUT2D eigenvalue weighted by Gasteiger charge is 2.21. The standard InChI is InChI=1S/C12H16ClFO/c1-7(2)8(3)12(15)10-6-9(14)4-5-11(10)13/h4-8,12,15H,1-3H3. The Balaban J connectivity index is 2.99. The minimum Gasteiger partial charge on any atom is -0.388 e. The SMILES string of the molecule is CC(C)C(C)C(O)c1cc(F)ccc1Cl. The third-order valence-corrected chi connectivity index (χ3v) is 3.17. The van der Waals surface area contributed by atoms with Gasteiger partial charge in [-0.25, -0.2) is 4.39 Å². The van der Waals surface area contributed by atoms with E-state index < -0.39 is 6.10 Å². The van der Waals surface area contributed by atoms with Crippen LogP contribution in [0.15, 0.2) is 18.2 Å². The van der Waals surface area contributed by atoms with Crippen LogP contribution in [0.2, 0.25) is 5.02 Å². The molecule has 15 heavy (non-hydrogen) atoms. The average Bonchev–Trinajstić information content (AvgIpc) is 2.19. The molecule has 0 aromatic heterocycles. The molecule has 0 spiro atoms. The second-order valence-corrected chi connectivity index (χ2v) is 4.62. The highest BCUT2D eigenvalue weighted by Crippen LogP contribution is 2.32. The third kappa shape index (κ3) is 2.93. The van der Waals surface area contributed by atoms with Gasteiger partial charge in [0.05, 0.1) is 6.10 Å².